The molecule has 5 atom stereocenters. The molecule has 0 aliphatic carbocycles. The molecule has 4 unspecified atom stereocenters. The maximum atomic E-state index is 15.2. The average Bonchev–Trinajstić information content (AvgIpc) is 3.02. The Kier molecular flexibility index (Phi) is 4.72. The fraction of sp³-hybridized carbons (Fsp3) is 0.619. The van der Waals surface area contributed by atoms with Crippen LogP contribution in [0, 0.1) is 5.82 Å². The van der Waals surface area contributed by atoms with Gasteiger partial charge in [-0.05, 0) is 52.8 Å². The number of rotatable bonds is 4. The highest BCUT2D eigenvalue weighted by Gasteiger charge is 2.41. The maximum absolute atomic E-state index is 15.2. The molecule has 2 aliphatic heterocycles. The summed E-state index contributed by atoms with van der Waals surface area (Å²) in [5, 5.41) is 0.331. The Morgan fingerprint density at radius 3 is 2.83 bits per heavy atom. The molecule has 0 aromatic heterocycles. The summed E-state index contributed by atoms with van der Waals surface area (Å²) in [5.74, 6) is -1.38. The van der Waals surface area contributed by atoms with Gasteiger partial charge in [-0.2, -0.15) is 0 Å². The summed E-state index contributed by atoms with van der Waals surface area (Å²) in [4.78, 5) is 27.3. The van der Waals surface area contributed by atoms with Crippen LogP contribution in [-0.2, 0) is 14.3 Å². The molecule has 8 heteroatoms. The minimum atomic E-state index is -1.50. The average molecular weight is 411 g/mol. The number of benzene rings is 1. The molecule has 2 heterocycles. The number of nitrogens with zero attached hydrogens (tertiary/aromatic N) is 2. The second-order valence-electron chi connectivity index (χ2n) is 8.13. The van der Waals surface area contributed by atoms with Crippen molar-refractivity contribution in [3.05, 3.63) is 24.0 Å². The molecule has 0 saturated carbocycles. The molecule has 0 radical (unpaired) electrons. The van der Waals surface area contributed by atoms with Gasteiger partial charge in [-0.3, -0.25) is 9.69 Å². The first kappa shape index (κ1) is 17.5. The second kappa shape index (κ2) is 7.82. The van der Waals surface area contributed by atoms with Crippen molar-refractivity contribution in [3.8, 4) is 0 Å². The molecule has 2 fully saturated rings. The van der Waals surface area contributed by atoms with Crippen LogP contribution < -0.4 is 15.1 Å². The van der Waals surface area contributed by atoms with Crippen molar-refractivity contribution < 1.29 is 27.6 Å². The van der Waals surface area contributed by atoms with E-state index in [9.17, 15) is 9.59 Å². The van der Waals surface area contributed by atoms with Gasteiger partial charge in [0.05, 0.1) is 43.1 Å². The third-order valence-electron chi connectivity index (χ3n) is 5.63. The number of hydrogen-bond donors (Lipinski definition) is 1. The Morgan fingerprint density at radius 1 is 1.45 bits per heavy atom. The van der Waals surface area contributed by atoms with Crippen LogP contribution in [0.5, 0.6) is 0 Å². The third kappa shape index (κ3) is 4.17. The van der Waals surface area contributed by atoms with E-state index in [0.29, 0.717) is 17.5 Å². The van der Waals surface area contributed by atoms with Crippen molar-refractivity contribution >= 4 is 23.4 Å². The van der Waals surface area contributed by atoms with E-state index in [1.165, 1.54) is 11.0 Å². The number of halogens is 1. The van der Waals surface area contributed by atoms with E-state index in [1.807, 2.05) is 32.6 Å². The van der Waals surface area contributed by atoms with Crippen molar-refractivity contribution in [2.75, 3.05) is 22.9 Å². The number of morpholine rings is 1. The van der Waals surface area contributed by atoms with E-state index in [-0.39, 0.29) is 17.8 Å². The quantitative estimate of drug-likeness (QED) is 0.826. The van der Waals surface area contributed by atoms with Crippen LogP contribution in [0.1, 0.15) is 44.3 Å². The molecular formula is C21H30FN3O4. The summed E-state index contributed by atoms with van der Waals surface area (Å²) < 4.78 is 49.3. The van der Waals surface area contributed by atoms with Crippen LogP contribution in [0.25, 0.3) is 0 Å². The number of anilines is 2. The van der Waals surface area contributed by atoms with E-state index >= 15 is 4.39 Å². The van der Waals surface area contributed by atoms with Crippen LogP contribution in [0.15, 0.2) is 18.2 Å². The molecule has 0 spiro atoms. The lowest BCUT2D eigenvalue weighted by molar-refractivity contribution is -0.119. The Hall–Kier alpha value is -2.35. The molecule has 0 bridgehead atoms. The minimum Gasteiger partial charge on any atom is -0.442 e. The summed E-state index contributed by atoms with van der Waals surface area (Å²) in [6.45, 7) is 7.79. The normalized spacial score (nSPS) is 31.5. The predicted molar refractivity (Wildman–Crippen MR) is 109 cm³/mol. The monoisotopic (exact) mass is 410 g/mol. The predicted octanol–water partition coefficient (Wildman–Crippen LogP) is 3.07. The zero-order chi connectivity index (χ0) is 24.0. The van der Waals surface area contributed by atoms with Gasteiger partial charge in [0, 0.05) is 14.8 Å². The molecule has 2 saturated heterocycles. The first-order valence-electron chi connectivity index (χ1n) is 11.4. The molecule has 29 heavy (non-hydrogen) atoms. The van der Waals surface area contributed by atoms with Crippen molar-refractivity contribution in [3.63, 3.8) is 0 Å². The molecule has 3 rings (SSSR count). The van der Waals surface area contributed by atoms with Gasteiger partial charge in [-0.1, -0.05) is 0 Å². The van der Waals surface area contributed by atoms with Gasteiger partial charge in [0.1, 0.15) is 11.9 Å². The SMILES string of the molecule is [2H]CC(=O)N([2H])C([2H])[C@@H]1OC(=O)N(c2ccc(N3CC(C)OC(C)(C)C3C)c(F)c2)C1C. The molecule has 1 N–H and O–H groups in total. The van der Waals surface area contributed by atoms with Crippen LogP contribution >= 0.6 is 0 Å². The standard InChI is InChI=1S/C21H30FN3O4/c1-12-11-24(14(3)21(5,6)29-12)18-8-7-16(9-17(18)22)25-13(2)19(28-20(25)27)10-23-15(4)26/h7-9,12-14,19H,10-11H2,1-6H3,(H,23,26)/t12?,13?,14?,19-/m0/s1/i4D,10D/hD/t10?,12?,13?,14?,19-. The summed E-state index contributed by atoms with van der Waals surface area (Å²) in [6, 6.07) is 3.68. The van der Waals surface area contributed by atoms with Gasteiger partial charge in [0.25, 0.3) is 0 Å². The molecular weight excluding hydrogens is 377 g/mol. The Morgan fingerprint density at radius 2 is 2.17 bits per heavy atom. The summed E-state index contributed by atoms with van der Waals surface area (Å²) in [7, 11) is 0. The van der Waals surface area contributed by atoms with Crippen LogP contribution in [0.4, 0.5) is 20.6 Å². The summed E-state index contributed by atoms with van der Waals surface area (Å²) in [5.41, 5.74) is 0.193. The number of hydrogen-bond acceptors (Lipinski definition) is 5. The highest BCUT2D eigenvalue weighted by molar-refractivity contribution is 5.91. The second-order valence-corrected chi connectivity index (χ2v) is 8.13. The summed E-state index contributed by atoms with van der Waals surface area (Å²) in [6.07, 6.45) is -1.98. The fourth-order valence-corrected chi connectivity index (χ4v) is 3.89. The molecule has 1 aromatic rings. The first-order valence-corrected chi connectivity index (χ1v) is 9.65. The number of cyclic esters (lactones) is 1. The van der Waals surface area contributed by atoms with Gasteiger partial charge in [0.15, 0.2) is 1.41 Å². The topological polar surface area (TPSA) is 71.1 Å². The minimum absolute atomic E-state index is 0.0807. The van der Waals surface area contributed by atoms with Gasteiger partial charge in [-0.25, -0.2) is 9.18 Å². The van der Waals surface area contributed by atoms with Crippen LogP contribution in [0.3, 0.4) is 0 Å². The number of nitrogens with one attached hydrogen (secondary N) is 1. The number of amides is 2. The molecule has 2 amide bonds. The lowest BCUT2D eigenvalue weighted by Crippen LogP contribution is -2.58. The largest absolute Gasteiger partial charge is 0.442 e. The van der Waals surface area contributed by atoms with E-state index < -0.39 is 49.0 Å². The Labute approximate surface area is 175 Å². The van der Waals surface area contributed by atoms with Crippen molar-refractivity contribution in [1.82, 2.24) is 5.31 Å². The molecule has 2 aliphatic rings. The van der Waals surface area contributed by atoms with E-state index in [4.69, 9.17) is 13.6 Å². The van der Waals surface area contributed by atoms with E-state index in [1.54, 1.807) is 19.1 Å². The number of carbonyl (C=O) groups is 2. The molecule has 160 valence electrons. The van der Waals surface area contributed by atoms with E-state index in [0.717, 1.165) is 0 Å². The molecule has 1 aromatic carbocycles. The van der Waals surface area contributed by atoms with Gasteiger partial charge < -0.3 is 19.7 Å². The zero-order valence-electron chi connectivity index (χ0n) is 20.4. The Bertz CT molecular complexity index is 890. The highest BCUT2D eigenvalue weighted by atomic mass is 19.1. The molecule has 7 nitrogen and oxygen atoms in total. The van der Waals surface area contributed by atoms with E-state index in [2.05, 4.69) is 0 Å². The lowest BCUT2D eigenvalue weighted by Gasteiger charge is -2.48. The highest BCUT2D eigenvalue weighted by Crippen LogP contribution is 2.35. The smallest absolute Gasteiger partial charge is 0.415 e. The number of ether oxygens (including phenoxy) is 2. The maximum Gasteiger partial charge on any atom is 0.415 e. The lowest BCUT2D eigenvalue weighted by atomic mass is 9.94. The van der Waals surface area contributed by atoms with Gasteiger partial charge in [0.2, 0.25) is 5.91 Å². The van der Waals surface area contributed by atoms with Crippen LogP contribution in [0.2, 0.25) is 1.41 Å². The third-order valence-corrected chi connectivity index (χ3v) is 5.63. The number of carbonyl (C=O) groups excluding carboxylic acids is 2. The summed E-state index contributed by atoms with van der Waals surface area (Å²) >= 11 is 0. The van der Waals surface area contributed by atoms with Gasteiger partial charge in [-0.15, -0.1) is 0 Å². The zero-order valence-corrected chi connectivity index (χ0v) is 17.4. The van der Waals surface area contributed by atoms with Gasteiger partial charge >= 0.3 is 6.09 Å². The first-order chi connectivity index (χ1) is 14.9. The van der Waals surface area contributed by atoms with Crippen LogP contribution in [-0.4, -0.2) is 55.0 Å². The fourth-order valence-electron chi connectivity index (χ4n) is 3.89. The van der Waals surface area contributed by atoms with Crippen molar-refractivity contribution in [2.24, 2.45) is 0 Å². The van der Waals surface area contributed by atoms with Crippen molar-refractivity contribution in [2.45, 2.75) is 71.4 Å². The van der Waals surface area contributed by atoms with Crippen molar-refractivity contribution in [1.29, 1.82) is 0 Å². The Balaban J connectivity index is 1.84.